The standard InChI is InChI=1S/C22H19N5O2S/c1-22(2,3)29-21(28)27-12-16(15-8-5-9-25-19(15)27)18-17(26-20(24)30-18)14-7-4-6-13(10-14)11-23/h4-10,12H,1-3H3,(H2,24,26). The second-order valence-electron chi connectivity index (χ2n) is 7.69. The molecule has 150 valence electrons. The minimum Gasteiger partial charge on any atom is -0.443 e. The number of pyridine rings is 1. The number of benzene rings is 1. The second-order valence-corrected chi connectivity index (χ2v) is 8.72. The number of rotatable bonds is 2. The molecule has 0 amide bonds. The monoisotopic (exact) mass is 417 g/mol. The van der Waals surface area contributed by atoms with Gasteiger partial charge in [0.05, 0.1) is 22.2 Å². The fraction of sp³-hybridized carbons (Fsp3) is 0.182. The van der Waals surface area contributed by atoms with Gasteiger partial charge >= 0.3 is 6.09 Å². The lowest BCUT2D eigenvalue weighted by Crippen LogP contribution is -2.26. The summed E-state index contributed by atoms with van der Waals surface area (Å²) in [6.45, 7) is 5.44. The minimum atomic E-state index is -0.638. The number of anilines is 1. The Kier molecular flexibility index (Phi) is 4.76. The van der Waals surface area contributed by atoms with Gasteiger partial charge in [-0.3, -0.25) is 0 Å². The molecule has 0 fully saturated rings. The number of aromatic nitrogens is 3. The third kappa shape index (κ3) is 3.63. The fourth-order valence-corrected chi connectivity index (χ4v) is 4.02. The summed E-state index contributed by atoms with van der Waals surface area (Å²) in [5, 5.41) is 10.4. The third-order valence-electron chi connectivity index (χ3n) is 4.31. The number of ether oxygens (including phenoxy) is 1. The van der Waals surface area contributed by atoms with E-state index < -0.39 is 11.7 Å². The van der Waals surface area contributed by atoms with E-state index in [0.29, 0.717) is 22.0 Å². The molecule has 0 saturated heterocycles. The van der Waals surface area contributed by atoms with Crippen LogP contribution in [0.25, 0.3) is 32.7 Å². The van der Waals surface area contributed by atoms with Crippen molar-refractivity contribution in [1.82, 2.24) is 14.5 Å². The van der Waals surface area contributed by atoms with Gasteiger partial charge in [0.15, 0.2) is 5.13 Å². The predicted molar refractivity (Wildman–Crippen MR) is 117 cm³/mol. The molecule has 8 heteroatoms. The van der Waals surface area contributed by atoms with Crippen molar-refractivity contribution in [1.29, 1.82) is 5.26 Å². The van der Waals surface area contributed by atoms with Crippen molar-refractivity contribution in [2.75, 3.05) is 5.73 Å². The normalized spacial score (nSPS) is 11.4. The molecule has 0 aliphatic carbocycles. The molecule has 7 nitrogen and oxygen atoms in total. The van der Waals surface area contributed by atoms with Crippen LogP contribution in [0.1, 0.15) is 26.3 Å². The van der Waals surface area contributed by atoms with E-state index in [4.69, 9.17) is 10.5 Å². The van der Waals surface area contributed by atoms with Crippen LogP contribution < -0.4 is 5.73 Å². The summed E-state index contributed by atoms with van der Waals surface area (Å²) in [7, 11) is 0. The van der Waals surface area contributed by atoms with Crippen molar-refractivity contribution in [3.05, 3.63) is 54.4 Å². The molecule has 0 aliphatic heterocycles. The molecule has 0 unspecified atom stereocenters. The predicted octanol–water partition coefficient (Wildman–Crippen LogP) is 5.06. The number of hydrogen-bond donors (Lipinski definition) is 1. The Morgan fingerprint density at radius 2 is 2.07 bits per heavy atom. The molecular weight excluding hydrogens is 398 g/mol. The largest absolute Gasteiger partial charge is 0.443 e. The van der Waals surface area contributed by atoms with Crippen LogP contribution >= 0.6 is 11.3 Å². The van der Waals surface area contributed by atoms with E-state index in [-0.39, 0.29) is 0 Å². The summed E-state index contributed by atoms with van der Waals surface area (Å²) in [5.74, 6) is 0. The van der Waals surface area contributed by atoms with E-state index in [1.807, 2.05) is 39.0 Å². The molecule has 0 aliphatic rings. The van der Waals surface area contributed by atoms with Gasteiger partial charge in [-0.25, -0.2) is 19.3 Å². The Labute approximate surface area is 177 Å². The summed E-state index contributed by atoms with van der Waals surface area (Å²) < 4.78 is 6.95. The number of hydrogen-bond acceptors (Lipinski definition) is 7. The van der Waals surface area contributed by atoms with Gasteiger partial charge in [0.25, 0.3) is 0 Å². The molecule has 4 rings (SSSR count). The highest BCUT2D eigenvalue weighted by Crippen LogP contribution is 2.41. The van der Waals surface area contributed by atoms with Gasteiger partial charge in [-0.05, 0) is 45.0 Å². The summed E-state index contributed by atoms with van der Waals surface area (Å²) in [6.07, 6.45) is 2.82. The van der Waals surface area contributed by atoms with Crippen LogP contribution in [-0.4, -0.2) is 26.2 Å². The van der Waals surface area contributed by atoms with E-state index in [9.17, 15) is 10.1 Å². The molecule has 0 spiro atoms. The maximum atomic E-state index is 12.8. The maximum Gasteiger partial charge on any atom is 0.420 e. The Morgan fingerprint density at radius 1 is 1.27 bits per heavy atom. The Hall–Kier alpha value is -3.70. The van der Waals surface area contributed by atoms with Crippen LogP contribution in [0, 0.1) is 11.3 Å². The summed E-state index contributed by atoms with van der Waals surface area (Å²) in [4.78, 5) is 22.5. The lowest BCUT2D eigenvalue weighted by atomic mass is 10.0. The first-order chi connectivity index (χ1) is 14.3. The summed E-state index contributed by atoms with van der Waals surface area (Å²) >= 11 is 1.32. The average molecular weight is 417 g/mol. The lowest BCUT2D eigenvalue weighted by molar-refractivity contribution is 0.0544. The van der Waals surface area contributed by atoms with Gasteiger partial charge in [-0.1, -0.05) is 23.5 Å². The number of carbonyl (C=O) groups is 1. The van der Waals surface area contributed by atoms with Gasteiger partial charge in [-0.15, -0.1) is 0 Å². The first-order valence-electron chi connectivity index (χ1n) is 9.23. The van der Waals surface area contributed by atoms with Gasteiger partial charge in [0, 0.05) is 28.9 Å². The topological polar surface area (TPSA) is 107 Å². The lowest BCUT2D eigenvalue weighted by Gasteiger charge is -2.19. The molecule has 3 aromatic heterocycles. The first-order valence-corrected chi connectivity index (χ1v) is 10.0. The summed E-state index contributed by atoms with van der Waals surface area (Å²) in [6, 6.07) is 13.0. The Morgan fingerprint density at radius 3 is 2.80 bits per heavy atom. The number of nitriles is 1. The number of nitrogen functional groups attached to an aromatic ring is 1. The van der Waals surface area contributed by atoms with Crippen LogP contribution in [0.4, 0.5) is 9.93 Å². The fourth-order valence-electron chi connectivity index (χ4n) is 3.14. The number of nitrogens with two attached hydrogens (primary N) is 1. The van der Waals surface area contributed by atoms with E-state index in [2.05, 4.69) is 16.0 Å². The first kappa shape index (κ1) is 19.6. The highest BCUT2D eigenvalue weighted by Gasteiger charge is 2.24. The Balaban J connectivity index is 1.91. The Bertz CT molecular complexity index is 1310. The molecule has 0 radical (unpaired) electrons. The summed E-state index contributed by atoms with van der Waals surface area (Å²) in [5.41, 5.74) is 8.63. The van der Waals surface area contributed by atoms with Crippen molar-refractivity contribution >= 4 is 33.6 Å². The van der Waals surface area contributed by atoms with Crippen molar-refractivity contribution < 1.29 is 9.53 Å². The maximum absolute atomic E-state index is 12.8. The second kappa shape index (κ2) is 7.28. The zero-order chi connectivity index (χ0) is 21.5. The highest BCUT2D eigenvalue weighted by atomic mass is 32.1. The zero-order valence-electron chi connectivity index (χ0n) is 16.7. The molecular formula is C22H19N5O2S. The van der Waals surface area contributed by atoms with Gasteiger partial charge in [0.1, 0.15) is 11.2 Å². The molecule has 0 atom stereocenters. The average Bonchev–Trinajstić information content (AvgIpc) is 3.27. The van der Waals surface area contributed by atoms with E-state index in [1.54, 1.807) is 30.6 Å². The van der Waals surface area contributed by atoms with Crippen LogP contribution in [0.15, 0.2) is 48.8 Å². The zero-order valence-corrected chi connectivity index (χ0v) is 17.5. The number of thiazole rings is 1. The molecule has 30 heavy (non-hydrogen) atoms. The van der Waals surface area contributed by atoms with Gasteiger partial charge < -0.3 is 10.5 Å². The SMILES string of the molecule is CC(C)(C)OC(=O)n1cc(-c2sc(N)nc2-c2cccc(C#N)c2)c2cccnc21. The van der Waals surface area contributed by atoms with Crippen molar-refractivity contribution in [2.45, 2.75) is 26.4 Å². The van der Waals surface area contributed by atoms with E-state index in [1.165, 1.54) is 15.9 Å². The van der Waals surface area contributed by atoms with Crippen LogP contribution in [0.5, 0.6) is 0 Å². The minimum absolute atomic E-state index is 0.393. The molecule has 3 heterocycles. The number of carbonyl (C=O) groups excluding carboxylic acids is 1. The third-order valence-corrected chi connectivity index (χ3v) is 5.22. The highest BCUT2D eigenvalue weighted by molar-refractivity contribution is 7.19. The van der Waals surface area contributed by atoms with E-state index in [0.717, 1.165) is 21.4 Å². The molecule has 0 bridgehead atoms. The molecule has 0 saturated carbocycles. The van der Waals surface area contributed by atoms with Crippen LogP contribution in [0.3, 0.4) is 0 Å². The van der Waals surface area contributed by atoms with Crippen LogP contribution in [-0.2, 0) is 4.74 Å². The quantitative estimate of drug-likeness (QED) is 0.488. The van der Waals surface area contributed by atoms with Gasteiger partial charge in [-0.2, -0.15) is 5.26 Å². The van der Waals surface area contributed by atoms with Gasteiger partial charge in [0.2, 0.25) is 0 Å². The molecule has 4 aromatic rings. The van der Waals surface area contributed by atoms with Crippen LogP contribution in [0.2, 0.25) is 0 Å². The van der Waals surface area contributed by atoms with Crippen molar-refractivity contribution in [2.24, 2.45) is 0 Å². The number of fused-ring (bicyclic) bond motifs is 1. The molecule has 1 aromatic carbocycles. The van der Waals surface area contributed by atoms with Crippen molar-refractivity contribution in [3.8, 4) is 27.8 Å². The van der Waals surface area contributed by atoms with E-state index >= 15 is 0 Å². The molecule has 2 N–H and O–H groups in total. The number of nitrogens with zero attached hydrogens (tertiary/aromatic N) is 4. The smallest absolute Gasteiger partial charge is 0.420 e. The van der Waals surface area contributed by atoms with Crippen molar-refractivity contribution in [3.63, 3.8) is 0 Å².